The minimum absolute atomic E-state index is 0.161. The third-order valence-corrected chi connectivity index (χ3v) is 3.84. The fourth-order valence-corrected chi connectivity index (χ4v) is 2.99. The Morgan fingerprint density at radius 1 is 1.33 bits per heavy atom. The van der Waals surface area contributed by atoms with Crippen LogP contribution in [0.1, 0.15) is 45.4 Å². The Bertz CT molecular complexity index is 222. The molecule has 2 rings (SSSR count). The summed E-state index contributed by atoms with van der Waals surface area (Å²) in [6.07, 6.45) is 7.76. The molecule has 1 heterocycles. The van der Waals surface area contributed by atoms with Gasteiger partial charge in [0.15, 0.2) is 0 Å². The van der Waals surface area contributed by atoms with Gasteiger partial charge in [-0.1, -0.05) is 19.8 Å². The second kappa shape index (κ2) is 4.86. The molecular weight excluding hydrogens is 188 g/mol. The predicted molar refractivity (Wildman–Crippen MR) is 60.8 cm³/mol. The first kappa shape index (κ1) is 10.8. The van der Waals surface area contributed by atoms with Crippen molar-refractivity contribution >= 4 is 6.03 Å². The Kier molecular flexibility index (Phi) is 3.49. The summed E-state index contributed by atoms with van der Waals surface area (Å²) in [7, 11) is 0. The van der Waals surface area contributed by atoms with E-state index in [4.69, 9.17) is 0 Å². The minimum Gasteiger partial charge on any atom is -0.336 e. The summed E-state index contributed by atoms with van der Waals surface area (Å²) in [5.74, 6) is 0.928. The van der Waals surface area contributed by atoms with Crippen LogP contribution in [-0.2, 0) is 0 Å². The normalized spacial score (nSPS) is 31.8. The van der Waals surface area contributed by atoms with Crippen LogP contribution >= 0.6 is 0 Å². The monoisotopic (exact) mass is 210 g/mol. The number of carbonyl (C=O) groups excluding carboxylic acids is 1. The lowest BCUT2D eigenvalue weighted by molar-refractivity contribution is 0.162. The molecule has 0 aromatic rings. The molecule has 0 atom stereocenters. The summed E-state index contributed by atoms with van der Waals surface area (Å²) >= 11 is 0. The number of nitrogens with zero attached hydrogens (tertiary/aromatic N) is 1. The van der Waals surface area contributed by atoms with Crippen molar-refractivity contribution in [2.75, 3.05) is 13.1 Å². The molecular formula is C12H22N2O. The molecule has 1 aliphatic carbocycles. The maximum atomic E-state index is 11.5. The van der Waals surface area contributed by atoms with E-state index in [2.05, 4.69) is 12.2 Å². The van der Waals surface area contributed by atoms with Crippen LogP contribution < -0.4 is 5.32 Å². The first-order valence-corrected chi connectivity index (χ1v) is 6.35. The van der Waals surface area contributed by atoms with E-state index in [0.29, 0.717) is 6.04 Å². The van der Waals surface area contributed by atoms with E-state index >= 15 is 0 Å². The molecule has 86 valence electrons. The van der Waals surface area contributed by atoms with Gasteiger partial charge >= 0.3 is 6.03 Å². The highest BCUT2D eigenvalue weighted by Crippen LogP contribution is 2.30. The lowest BCUT2D eigenvalue weighted by Crippen LogP contribution is -2.40. The number of nitrogens with one attached hydrogen (secondary N) is 1. The third-order valence-electron chi connectivity index (χ3n) is 3.84. The van der Waals surface area contributed by atoms with Crippen molar-refractivity contribution in [1.29, 1.82) is 0 Å². The maximum absolute atomic E-state index is 11.5. The van der Waals surface area contributed by atoms with Crippen molar-refractivity contribution in [2.24, 2.45) is 5.92 Å². The molecule has 0 aromatic carbocycles. The maximum Gasteiger partial charge on any atom is 0.317 e. The van der Waals surface area contributed by atoms with E-state index in [1.165, 1.54) is 38.5 Å². The molecule has 1 saturated carbocycles. The van der Waals surface area contributed by atoms with Crippen LogP contribution in [0.15, 0.2) is 0 Å². The van der Waals surface area contributed by atoms with Crippen LogP contribution in [0.25, 0.3) is 0 Å². The van der Waals surface area contributed by atoms with Crippen LogP contribution in [0.3, 0.4) is 0 Å². The summed E-state index contributed by atoms with van der Waals surface area (Å²) in [5.41, 5.74) is 0. The van der Waals surface area contributed by atoms with Gasteiger partial charge in [-0.05, 0) is 31.6 Å². The predicted octanol–water partition coefficient (Wildman–Crippen LogP) is 2.37. The van der Waals surface area contributed by atoms with Crippen LogP contribution in [0.5, 0.6) is 0 Å². The Labute approximate surface area is 92.2 Å². The fraction of sp³-hybridized carbons (Fsp3) is 0.917. The highest BCUT2D eigenvalue weighted by atomic mass is 16.2. The average molecular weight is 210 g/mol. The molecule has 0 bridgehead atoms. The summed E-state index contributed by atoms with van der Waals surface area (Å²) in [6.45, 7) is 4.02. The molecule has 2 aliphatic rings. The summed E-state index contributed by atoms with van der Waals surface area (Å²) in [4.78, 5) is 13.5. The summed E-state index contributed by atoms with van der Waals surface area (Å²) < 4.78 is 0. The first-order valence-electron chi connectivity index (χ1n) is 6.35. The smallest absolute Gasteiger partial charge is 0.317 e. The van der Waals surface area contributed by atoms with Crippen molar-refractivity contribution in [1.82, 2.24) is 10.2 Å². The molecule has 2 amide bonds. The zero-order valence-corrected chi connectivity index (χ0v) is 9.67. The van der Waals surface area contributed by atoms with Gasteiger partial charge in [0.2, 0.25) is 0 Å². The zero-order chi connectivity index (χ0) is 10.7. The number of carbonyl (C=O) groups is 1. The van der Waals surface area contributed by atoms with Gasteiger partial charge in [-0.3, -0.25) is 0 Å². The molecule has 3 heteroatoms. The largest absolute Gasteiger partial charge is 0.336 e. The quantitative estimate of drug-likeness (QED) is 0.762. The molecule has 0 aromatic heterocycles. The van der Waals surface area contributed by atoms with Crippen LogP contribution in [-0.4, -0.2) is 30.1 Å². The molecule has 0 unspecified atom stereocenters. The molecule has 2 fully saturated rings. The molecule has 1 N–H and O–H groups in total. The van der Waals surface area contributed by atoms with Gasteiger partial charge in [0, 0.05) is 19.1 Å². The van der Waals surface area contributed by atoms with Crippen LogP contribution in [0.4, 0.5) is 4.79 Å². The Hall–Kier alpha value is -0.730. The van der Waals surface area contributed by atoms with Gasteiger partial charge in [-0.2, -0.15) is 0 Å². The fourth-order valence-electron chi connectivity index (χ4n) is 2.99. The molecule has 0 spiro atoms. The van der Waals surface area contributed by atoms with Crippen molar-refractivity contribution in [3.8, 4) is 0 Å². The van der Waals surface area contributed by atoms with Gasteiger partial charge in [0.05, 0.1) is 0 Å². The number of amides is 2. The molecule has 15 heavy (non-hydrogen) atoms. The van der Waals surface area contributed by atoms with Gasteiger partial charge in [0.1, 0.15) is 0 Å². The summed E-state index contributed by atoms with van der Waals surface area (Å²) in [5, 5.41) is 2.89. The van der Waals surface area contributed by atoms with E-state index in [1.54, 1.807) is 0 Å². The lowest BCUT2D eigenvalue weighted by atomic mass is 9.83. The highest BCUT2D eigenvalue weighted by Gasteiger charge is 2.30. The average Bonchev–Trinajstić information content (AvgIpc) is 2.66. The van der Waals surface area contributed by atoms with E-state index in [9.17, 15) is 4.79 Å². The molecule has 0 radical (unpaired) electrons. The lowest BCUT2D eigenvalue weighted by Gasteiger charge is -2.33. The van der Waals surface area contributed by atoms with E-state index in [0.717, 1.165) is 19.0 Å². The summed E-state index contributed by atoms with van der Waals surface area (Å²) in [6, 6.07) is 0.689. The first-order chi connectivity index (χ1) is 7.31. The standard InChI is InChI=1S/C12H22N2O/c1-2-3-10-4-6-11(7-5-10)14-9-8-13-12(14)15/h10-11H,2-9H2,1H3,(H,13,15). The Balaban J connectivity index is 1.80. The van der Waals surface area contributed by atoms with Crippen LogP contribution in [0, 0.1) is 5.92 Å². The van der Waals surface area contributed by atoms with Gasteiger partial charge in [0.25, 0.3) is 0 Å². The molecule has 1 saturated heterocycles. The Morgan fingerprint density at radius 3 is 2.60 bits per heavy atom. The van der Waals surface area contributed by atoms with Gasteiger partial charge < -0.3 is 10.2 Å². The van der Waals surface area contributed by atoms with Crippen molar-refractivity contribution in [2.45, 2.75) is 51.5 Å². The molecule has 3 nitrogen and oxygen atoms in total. The van der Waals surface area contributed by atoms with Crippen molar-refractivity contribution < 1.29 is 4.79 Å². The highest BCUT2D eigenvalue weighted by molar-refractivity contribution is 5.76. The Morgan fingerprint density at radius 2 is 2.07 bits per heavy atom. The van der Waals surface area contributed by atoms with Gasteiger partial charge in [-0.25, -0.2) is 4.79 Å². The van der Waals surface area contributed by atoms with Crippen molar-refractivity contribution in [3.05, 3.63) is 0 Å². The second-order valence-corrected chi connectivity index (χ2v) is 4.89. The molecule has 1 aliphatic heterocycles. The van der Waals surface area contributed by atoms with Crippen molar-refractivity contribution in [3.63, 3.8) is 0 Å². The van der Waals surface area contributed by atoms with E-state index in [-0.39, 0.29) is 6.03 Å². The van der Waals surface area contributed by atoms with E-state index in [1.807, 2.05) is 4.90 Å². The minimum atomic E-state index is 0.161. The van der Waals surface area contributed by atoms with Crippen LogP contribution in [0.2, 0.25) is 0 Å². The third kappa shape index (κ3) is 2.44. The van der Waals surface area contributed by atoms with E-state index < -0.39 is 0 Å². The number of rotatable bonds is 3. The zero-order valence-electron chi connectivity index (χ0n) is 9.67. The SMILES string of the molecule is CCCC1CCC(N2CCNC2=O)CC1. The topological polar surface area (TPSA) is 32.3 Å². The number of hydrogen-bond donors (Lipinski definition) is 1. The second-order valence-electron chi connectivity index (χ2n) is 4.89. The van der Waals surface area contributed by atoms with Gasteiger partial charge in [-0.15, -0.1) is 0 Å². The number of urea groups is 1. The number of hydrogen-bond acceptors (Lipinski definition) is 1.